The summed E-state index contributed by atoms with van der Waals surface area (Å²) in [6, 6.07) is 0. The van der Waals surface area contributed by atoms with Gasteiger partial charge in [-0.1, -0.05) is 136 Å². The predicted octanol–water partition coefficient (Wildman–Crippen LogP) is -0.287. The van der Waals surface area contributed by atoms with Gasteiger partial charge in [0.2, 0.25) is 0 Å². The van der Waals surface area contributed by atoms with Gasteiger partial charge in [0.15, 0.2) is 0 Å². The van der Waals surface area contributed by atoms with E-state index in [-0.39, 0.29) is 72.0 Å². The van der Waals surface area contributed by atoms with E-state index in [0.717, 1.165) is 38.5 Å². The van der Waals surface area contributed by atoms with E-state index >= 15 is 0 Å². The largest absolute Gasteiger partial charge is 1.00 e. The minimum atomic E-state index is -1.80. The van der Waals surface area contributed by atoms with Gasteiger partial charge in [-0.15, -0.1) is 0 Å². The van der Waals surface area contributed by atoms with Crippen molar-refractivity contribution in [2.24, 2.45) is 5.41 Å². The van der Waals surface area contributed by atoms with Crippen molar-refractivity contribution < 1.29 is 78.9 Å². The minimum Gasteiger partial charge on any atom is -0.549 e. The number of rotatable bonds is 23. The Hall–Kier alpha value is 0.940. The molecule has 0 aromatic rings. The second kappa shape index (κ2) is 26.5. The molecule has 0 fully saturated rings. The molecule has 0 heterocycles. The molecule has 0 atom stereocenters. The molecular weight excluding hydrogens is 422 g/mol. The molecule has 0 amide bonds. The SMILES string of the molecule is CCCCCCCCCCCCC(CCCCCCCCCCC)(C(=O)[O-])C(=O)[O-].[Na+].[Na+]. The summed E-state index contributed by atoms with van der Waals surface area (Å²) in [5, 5.41) is 23.4. The Labute approximate surface area is 243 Å². The third kappa shape index (κ3) is 19.3. The van der Waals surface area contributed by atoms with Gasteiger partial charge in [0.05, 0.1) is 11.9 Å². The average molecular weight is 471 g/mol. The summed E-state index contributed by atoms with van der Waals surface area (Å²) in [6.07, 6.45) is 21.6. The second-order valence-electron chi connectivity index (χ2n) is 9.17. The maximum atomic E-state index is 11.7. The van der Waals surface area contributed by atoms with Crippen LogP contribution < -0.4 is 69.3 Å². The molecule has 178 valence electrons. The Balaban J connectivity index is -0.00000420. The summed E-state index contributed by atoms with van der Waals surface area (Å²) in [4.78, 5) is 23.4. The van der Waals surface area contributed by atoms with Gasteiger partial charge in [0.1, 0.15) is 0 Å². The molecule has 0 saturated heterocycles. The van der Waals surface area contributed by atoms with Crippen LogP contribution in [0.3, 0.4) is 0 Å². The summed E-state index contributed by atoms with van der Waals surface area (Å²) in [5.41, 5.74) is -1.80. The number of carbonyl (C=O) groups is 2. The van der Waals surface area contributed by atoms with E-state index in [1.54, 1.807) is 0 Å². The molecule has 0 aliphatic heterocycles. The van der Waals surface area contributed by atoms with Crippen molar-refractivity contribution in [1.82, 2.24) is 0 Å². The first-order valence-corrected chi connectivity index (χ1v) is 12.9. The van der Waals surface area contributed by atoms with Crippen LogP contribution in [0.1, 0.15) is 149 Å². The van der Waals surface area contributed by atoms with Gasteiger partial charge < -0.3 is 19.8 Å². The van der Waals surface area contributed by atoms with Crippen molar-refractivity contribution >= 4 is 11.9 Å². The molecule has 0 bridgehead atoms. The number of aliphatic carboxylic acids is 2. The standard InChI is InChI=1S/C26H50O4.2Na/c1-3-5-7-9-11-13-15-17-19-21-23-26(24(27)28,25(29)30)22-20-18-16-14-12-10-8-6-4-2;;/h3-23H2,1-2H3,(H,27,28)(H,29,30);;/q;2*+1/p-2. The molecule has 0 rings (SSSR count). The van der Waals surface area contributed by atoms with E-state index in [4.69, 9.17) is 0 Å². The zero-order valence-corrected chi connectivity index (χ0v) is 26.0. The van der Waals surface area contributed by atoms with E-state index in [0.29, 0.717) is 12.8 Å². The van der Waals surface area contributed by atoms with E-state index in [1.807, 2.05) is 0 Å². The van der Waals surface area contributed by atoms with Gasteiger partial charge in [-0.3, -0.25) is 0 Å². The Morgan fingerprint density at radius 1 is 0.469 bits per heavy atom. The average Bonchev–Trinajstić information content (AvgIpc) is 2.71. The number of hydrogen-bond acceptors (Lipinski definition) is 4. The minimum absolute atomic E-state index is 0. The molecule has 0 aliphatic carbocycles. The van der Waals surface area contributed by atoms with Crippen molar-refractivity contribution in [3.63, 3.8) is 0 Å². The summed E-state index contributed by atoms with van der Waals surface area (Å²) < 4.78 is 0. The molecule has 0 saturated carbocycles. The van der Waals surface area contributed by atoms with E-state index in [2.05, 4.69) is 13.8 Å². The van der Waals surface area contributed by atoms with Crippen molar-refractivity contribution in [2.75, 3.05) is 0 Å². The fraction of sp³-hybridized carbons (Fsp3) is 0.923. The van der Waals surface area contributed by atoms with Gasteiger partial charge in [0.25, 0.3) is 0 Å². The quantitative estimate of drug-likeness (QED) is 0.117. The van der Waals surface area contributed by atoms with Crippen LogP contribution in [-0.2, 0) is 9.59 Å². The zero-order valence-electron chi connectivity index (χ0n) is 22.0. The van der Waals surface area contributed by atoms with Crippen LogP contribution in [0.15, 0.2) is 0 Å². The summed E-state index contributed by atoms with van der Waals surface area (Å²) in [7, 11) is 0. The molecular formula is C26H48Na2O4. The molecule has 6 heteroatoms. The van der Waals surface area contributed by atoms with Crippen molar-refractivity contribution in [2.45, 2.75) is 149 Å². The summed E-state index contributed by atoms with van der Waals surface area (Å²) in [6.45, 7) is 4.42. The number of carboxylic acid groups (broad SMARTS) is 2. The molecule has 0 radical (unpaired) electrons. The van der Waals surface area contributed by atoms with Crippen LogP contribution in [0.25, 0.3) is 0 Å². The van der Waals surface area contributed by atoms with Crippen LogP contribution in [0.5, 0.6) is 0 Å². The van der Waals surface area contributed by atoms with Crippen molar-refractivity contribution in [3.05, 3.63) is 0 Å². The van der Waals surface area contributed by atoms with Gasteiger partial charge >= 0.3 is 59.1 Å². The number of carboxylic acids is 2. The van der Waals surface area contributed by atoms with Crippen LogP contribution >= 0.6 is 0 Å². The zero-order chi connectivity index (χ0) is 22.5. The third-order valence-corrected chi connectivity index (χ3v) is 6.45. The maximum Gasteiger partial charge on any atom is 1.00 e. The fourth-order valence-corrected chi connectivity index (χ4v) is 4.27. The monoisotopic (exact) mass is 470 g/mol. The van der Waals surface area contributed by atoms with Crippen LogP contribution in [-0.4, -0.2) is 11.9 Å². The Kier molecular flexibility index (Phi) is 31.1. The Morgan fingerprint density at radius 2 is 0.688 bits per heavy atom. The fourth-order valence-electron chi connectivity index (χ4n) is 4.27. The third-order valence-electron chi connectivity index (χ3n) is 6.45. The van der Waals surface area contributed by atoms with Gasteiger partial charge in [0, 0.05) is 5.41 Å². The van der Waals surface area contributed by atoms with Crippen LogP contribution in [0.2, 0.25) is 0 Å². The molecule has 32 heavy (non-hydrogen) atoms. The molecule has 0 unspecified atom stereocenters. The Morgan fingerprint density at radius 3 is 0.906 bits per heavy atom. The Bertz CT molecular complexity index is 416. The van der Waals surface area contributed by atoms with E-state index in [1.165, 1.54) is 70.6 Å². The molecule has 4 nitrogen and oxygen atoms in total. The second-order valence-corrected chi connectivity index (χ2v) is 9.17. The first-order chi connectivity index (χ1) is 14.5. The first-order valence-electron chi connectivity index (χ1n) is 12.9. The topological polar surface area (TPSA) is 80.3 Å². The predicted molar refractivity (Wildman–Crippen MR) is 121 cm³/mol. The molecule has 0 N–H and O–H groups in total. The van der Waals surface area contributed by atoms with Gasteiger partial charge in [-0.05, 0) is 12.8 Å². The molecule has 0 aromatic carbocycles. The molecule has 0 aliphatic rings. The number of carbonyl (C=O) groups excluding carboxylic acids is 2. The van der Waals surface area contributed by atoms with Crippen molar-refractivity contribution in [1.29, 1.82) is 0 Å². The van der Waals surface area contributed by atoms with Crippen LogP contribution in [0, 0.1) is 5.41 Å². The first kappa shape index (κ1) is 37.5. The van der Waals surface area contributed by atoms with E-state index in [9.17, 15) is 19.8 Å². The maximum absolute atomic E-state index is 11.7. The number of hydrogen-bond donors (Lipinski definition) is 0. The summed E-state index contributed by atoms with van der Waals surface area (Å²) >= 11 is 0. The molecule has 0 aromatic heterocycles. The molecule has 0 spiro atoms. The normalized spacial score (nSPS) is 10.9. The summed E-state index contributed by atoms with van der Waals surface area (Å²) in [5.74, 6) is -2.92. The smallest absolute Gasteiger partial charge is 0.549 e. The van der Waals surface area contributed by atoms with E-state index < -0.39 is 17.4 Å². The number of unbranched alkanes of at least 4 members (excludes halogenated alkanes) is 17. The van der Waals surface area contributed by atoms with Crippen molar-refractivity contribution in [3.8, 4) is 0 Å². The van der Waals surface area contributed by atoms with Gasteiger partial charge in [-0.25, -0.2) is 0 Å². The van der Waals surface area contributed by atoms with Crippen LogP contribution in [0.4, 0.5) is 0 Å². The van der Waals surface area contributed by atoms with Gasteiger partial charge in [-0.2, -0.15) is 0 Å².